The third kappa shape index (κ3) is 2.85. The minimum absolute atomic E-state index is 0.0329. The summed E-state index contributed by atoms with van der Waals surface area (Å²) in [6.07, 6.45) is 1.05. The number of nitrogens with one attached hydrogen (secondary N) is 1. The Morgan fingerprint density at radius 2 is 2.36 bits per heavy atom. The molecule has 1 aliphatic carbocycles. The van der Waals surface area contributed by atoms with Crippen molar-refractivity contribution < 1.29 is 18.7 Å². The van der Waals surface area contributed by atoms with E-state index in [2.05, 4.69) is 5.32 Å². The normalized spacial score (nSPS) is 29.8. The van der Waals surface area contributed by atoms with Gasteiger partial charge in [-0.3, -0.25) is 4.79 Å². The molecular formula is C16H19ClFNO3. The molecule has 4 nitrogen and oxygen atoms in total. The first-order valence-electron chi connectivity index (χ1n) is 7.44. The quantitative estimate of drug-likeness (QED) is 0.902. The van der Waals surface area contributed by atoms with Crippen LogP contribution in [0, 0.1) is 17.7 Å². The van der Waals surface area contributed by atoms with E-state index >= 15 is 0 Å². The Morgan fingerprint density at radius 1 is 1.55 bits per heavy atom. The molecule has 4 atom stereocenters. The van der Waals surface area contributed by atoms with Gasteiger partial charge in [0, 0.05) is 42.2 Å². The van der Waals surface area contributed by atoms with Crippen LogP contribution in [0.4, 0.5) is 4.39 Å². The third-order valence-electron chi connectivity index (χ3n) is 4.61. The van der Waals surface area contributed by atoms with Crippen LogP contribution in [0.2, 0.25) is 5.02 Å². The van der Waals surface area contributed by atoms with E-state index in [0.29, 0.717) is 12.5 Å². The van der Waals surface area contributed by atoms with Gasteiger partial charge >= 0.3 is 0 Å². The minimum Gasteiger partial charge on any atom is -0.384 e. The van der Waals surface area contributed by atoms with Crippen LogP contribution in [0.15, 0.2) is 18.2 Å². The van der Waals surface area contributed by atoms with E-state index in [1.54, 1.807) is 13.2 Å². The summed E-state index contributed by atoms with van der Waals surface area (Å²) in [6.45, 7) is 1.27. The zero-order chi connectivity index (χ0) is 15.7. The zero-order valence-electron chi connectivity index (χ0n) is 12.4. The van der Waals surface area contributed by atoms with Crippen molar-refractivity contribution in [2.24, 2.45) is 11.8 Å². The molecule has 3 rings (SSSR count). The van der Waals surface area contributed by atoms with Crippen molar-refractivity contribution in [3.8, 4) is 0 Å². The highest BCUT2D eigenvalue weighted by molar-refractivity contribution is 6.31. The Kier molecular flexibility index (Phi) is 4.66. The average Bonchev–Trinajstić information content (AvgIpc) is 2.91. The van der Waals surface area contributed by atoms with Gasteiger partial charge in [-0.25, -0.2) is 4.39 Å². The molecule has 1 aromatic rings. The number of hydrogen-bond acceptors (Lipinski definition) is 3. The lowest BCUT2D eigenvalue weighted by Crippen LogP contribution is -2.63. The maximum atomic E-state index is 13.8. The van der Waals surface area contributed by atoms with E-state index in [4.69, 9.17) is 21.1 Å². The number of halogens is 2. The molecule has 2 aliphatic rings. The fraction of sp³-hybridized carbons (Fsp3) is 0.562. The molecule has 1 N–H and O–H groups in total. The molecule has 1 aliphatic heterocycles. The van der Waals surface area contributed by atoms with Gasteiger partial charge in [0.05, 0.1) is 19.1 Å². The first-order valence-corrected chi connectivity index (χ1v) is 7.82. The standard InChI is InChI=1S/C16H19ClFNO3/c1-21-8-11-15(9-5-6-22-16(9)11)19-14(20)7-10-12(17)3-2-4-13(10)18/h2-4,9,11,15-16H,5-8H2,1H3,(H,19,20)/t9-,11+,15-,16-/m1/s1. The number of carbonyl (C=O) groups excluding carboxylic acids is 1. The number of hydrogen-bond donors (Lipinski definition) is 1. The topological polar surface area (TPSA) is 47.6 Å². The van der Waals surface area contributed by atoms with Crippen molar-refractivity contribution in [1.29, 1.82) is 0 Å². The number of benzene rings is 1. The highest BCUT2D eigenvalue weighted by Crippen LogP contribution is 2.43. The van der Waals surface area contributed by atoms with Crippen molar-refractivity contribution in [2.75, 3.05) is 20.3 Å². The predicted octanol–water partition coefficient (Wildman–Crippen LogP) is 2.19. The average molecular weight is 328 g/mol. The number of carbonyl (C=O) groups is 1. The fourth-order valence-corrected chi connectivity index (χ4v) is 3.76. The van der Waals surface area contributed by atoms with Gasteiger partial charge in [-0.1, -0.05) is 17.7 Å². The summed E-state index contributed by atoms with van der Waals surface area (Å²) in [5.74, 6) is -0.173. The Hall–Kier alpha value is -1.17. The first-order chi connectivity index (χ1) is 10.6. The van der Waals surface area contributed by atoms with Gasteiger partial charge in [0.15, 0.2) is 0 Å². The molecule has 1 amide bonds. The summed E-state index contributed by atoms with van der Waals surface area (Å²) in [5, 5.41) is 3.28. The van der Waals surface area contributed by atoms with Gasteiger partial charge in [-0.15, -0.1) is 0 Å². The summed E-state index contributed by atoms with van der Waals surface area (Å²) >= 11 is 5.97. The molecule has 2 fully saturated rings. The molecule has 0 radical (unpaired) electrons. The van der Waals surface area contributed by atoms with Crippen LogP contribution in [-0.4, -0.2) is 38.4 Å². The second-order valence-electron chi connectivity index (χ2n) is 5.88. The molecule has 1 saturated carbocycles. The van der Waals surface area contributed by atoms with E-state index in [1.807, 2.05) is 0 Å². The van der Waals surface area contributed by atoms with Crippen LogP contribution in [0.1, 0.15) is 12.0 Å². The van der Waals surface area contributed by atoms with Crippen molar-refractivity contribution in [3.05, 3.63) is 34.6 Å². The molecule has 0 bridgehead atoms. The van der Waals surface area contributed by atoms with Crippen molar-refractivity contribution in [2.45, 2.75) is 25.0 Å². The van der Waals surface area contributed by atoms with Gasteiger partial charge in [0.1, 0.15) is 5.82 Å². The number of amides is 1. The minimum atomic E-state index is -0.452. The van der Waals surface area contributed by atoms with Crippen LogP contribution >= 0.6 is 11.6 Å². The maximum absolute atomic E-state index is 13.8. The van der Waals surface area contributed by atoms with Crippen molar-refractivity contribution in [1.82, 2.24) is 5.32 Å². The summed E-state index contributed by atoms with van der Waals surface area (Å²) in [6, 6.07) is 4.46. The number of fused-ring (bicyclic) bond motifs is 1. The fourth-order valence-electron chi connectivity index (χ4n) is 3.53. The first kappa shape index (κ1) is 15.7. The Morgan fingerprint density at radius 3 is 3.09 bits per heavy atom. The molecule has 120 valence electrons. The van der Waals surface area contributed by atoms with Gasteiger partial charge in [-0.2, -0.15) is 0 Å². The van der Waals surface area contributed by atoms with Crippen LogP contribution < -0.4 is 5.32 Å². The second-order valence-corrected chi connectivity index (χ2v) is 6.28. The Balaban J connectivity index is 1.64. The lowest BCUT2D eigenvalue weighted by Gasteiger charge is -2.47. The third-order valence-corrected chi connectivity index (χ3v) is 4.97. The monoisotopic (exact) mass is 327 g/mol. The molecule has 0 unspecified atom stereocenters. The second kappa shape index (κ2) is 6.52. The molecule has 0 aromatic heterocycles. The number of rotatable bonds is 5. The molecule has 22 heavy (non-hydrogen) atoms. The summed E-state index contributed by atoms with van der Waals surface area (Å²) < 4.78 is 24.6. The van der Waals surface area contributed by atoms with Crippen LogP contribution in [-0.2, 0) is 20.7 Å². The van der Waals surface area contributed by atoms with Crippen LogP contribution in [0.5, 0.6) is 0 Å². The highest BCUT2D eigenvalue weighted by atomic mass is 35.5. The molecular weight excluding hydrogens is 309 g/mol. The van der Waals surface area contributed by atoms with Crippen LogP contribution in [0.3, 0.4) is 0 Å². The predicted molar refractivity (Wildman–Crippen MR) is 80.3 cm³/mol. The maximum Gasteiger partial charge on any atom is 0.224 e. The highest BCUT2D eigenvalue weighted by Gasteiger charge is 2.54. The van der Waals surface area contributed by atoms with Crippen molar-refractivity contribution in [3.63, 3.8) is 0 Å². The van der Waals surface area contributed by atoms with E-state index in [9.17, 15) is 9.18 Å². The Bertz CT molecular complexity index is 548. The smallest absolute Gasteiger partial charge is 0.224 e. The van der Waals surface area contributed by atoms with Gasteiger partial charge < -0.3 is 14.8 Å². The van der Waals surface area contributed by atoms with Gasteiger partial charge in [0.2, 0.25) is 5.91 Å². The number of methoxy groups -OCH3 is 1. The van der Waals surface area contributed by atoms with Gasteiger partial charge in [-0.05, 0) is 18.6 Å². The van der Waals surface area contributed by atoms with Crippen LogP contribution in [0.25, 0.3) is 0 Å². The summed E-state index contributed by atoms with van der Waals surface area (Å²) in [5.41, 5.74) is 0.239. The van der Waals surface area contributed by atoms with E-state index in [-0.39, 0.29) is 41.0 Å². The van der Waals surface area contributed by atoms with E-state index in [0.717, 1.165) is 13.0 Å². The zero-order valence-corrected chi connectivity index (χ0v) is 13.1. The van der Waals surface area contributed by atoms with E-state index in [1.165, 1.54) is 12.1 Å². The van der Waals surface area contributed by atoms with Gasteiger partial charge in [0.25, 0.3) is 0 Å². The van der Waals surface area contributed by atoms with Crippen molar-refractivity contribution >= 4 is 17.5 Å². The molecule has 1 heterocycles. The van der Waals surface area contributed by atoms with E-state index < -0.39 is 5.82 Å². The number of ether oxygens (including phenoxy) is 2. The molecule has 6 heteroatoms. The summed E-state index contributed by atoms with van der Waals surface area (Å²) in [7, 11) is 1.64. The largest absolute Gasteiger partial charge is 0.384 e. The molecule has 0 spiro atoms. The molecule has 1 saturated heterocycles. The lowest BCUT2D eigenvalue weighted by atomic mass is 9.67. The lowest BCUT2D eigenvalue weighted by molar-refractivity contribution is -0.129. The SMILES string of the molecule is COC[C@H]1[C@H](NC(=O)Cc2c(F)cccc2Cl)[C@H]2CCO[C@H]21. The molecule has 1 aromatic carbocycles. The Labute approximate surface area is 133 Å². The summed E-state index contributed by atoms with van der Waals surface area (Å²) in [4.78, 5) is 12.2.